The van der Waals surface area contributed by atoms with Gasteiger partial charge in [0.1, 0.15) is 6.07 Å². The number of aryl methyl sites for hydroxylation is 1. The molecule has 2 atom stereocenters. The Bertz CT molecular complexity index is 728. The van der Waals surface area contributed by atoms with E-state index in [1.807, 2.05) is 29.4 Å². The summed E-state index contributed by atoms with van der Waals surface area (Å²) in [7, 11) is 4.18. The lowest BCUT2D eigenvalue weighted by molar-refractivity contribution is 0.0751. The summed E-state index contributed by atoms with van der Waals surface area (Å²) >= 11 is 1.68. The van der Waals surface area contributed by atoms with Crippen LogP contribution in [0.4, 0.5) is 0 Å². The van der Waals surface area contributed by atoms with Crippen molar-refractivity contribution >= 4 is 11.3 Å². The minimum Gasteiger partial charge on any atom is -0.301 e. The van der Waals surface area contributed by atoms with Gasteiger partial charge in [-0.05, 0) is 45.0 Å². The first-order chi connectivity index (χ1) is 12.1. The highest BCUT2D eigenvalue weighted by Crippen LogP contribution is 2.36. The third-order valence-electron chi connectivity index (χ3n) is 5.09. The molecule has 0 aromatic carbocycles. The number of thiophene rings is 1. The number of likely N-dealkylation sites (tertiary alicyclic amines) is 1. The fourth-order valence-corrected chi connectivity index (χ4v) is 4.92. The molecule has 3 rings (SSSR count). The molecule has 0 N–H and O–H groups in total. The summed E-state index contributed by atoms with van der Waals surface area (Å²) < 4.78 is 1.91. The Hall–Kier alpha value is -1.68. The Labute approximate surface area is 154 Å². The smallest absolute Gasteiger partial charge is 0.100 e. The fraction of sp³-hybridized carbons (Fsp3) is 0.579. The quantitative estimate of drug-likeness (QED) is 0.796. The van der Waals surface area contributed by atoms with Crippen molar-refractivity contribution in [2.24, 2.45) is 13.0 Å². The monoisotopic (exact) mass is 357 g/mol. The second-order valence-corrected chi connectivity index (χ2v) is 8.03. The Morgan fingerprint density at radius 2 is 2.32 bits per heavy atom. The first kappa shape index (κ1) is 18.1. The number of aromatic nitrogens is 2. The van der Waals surface area contributed by atoms with Crippen LogP contribution in [0.3, 0.4) is 0 Å². The van der Waals surface area contributed by atoms with Crippen molar-refractivity contribution in [3.63, 3.8) is 0 Å². The average molecular weight is 358 g/mol. The molecule has 134 valence electrons. The van der Waals surface area contributed by atoms with Gasteiger partial charge < -0.3 is 4.90 Å². The zero-order chi connectivity index (χ0) is 17.8. The highest BCUT2D eigenvalue weighted by Gasteiger charge is 2.33. The molecular weight excluding hydrogens is 330 g/mol. The summed E-state index contributed by atoms with van der Waals surface area (Å²) in [5.41, 5.74) is 2.11. The number of nitrogens with zero attached hydrogens (tertiary/aromatic N) is 5. The molecule has 5 nitrogen and oxygen atoms in total. The van der Waals surface area contributed by atoms with E-state index in [1.165, 1.54) is 29.8 Å². The molecule has 2 aromatic rings. The molecule has 2 aromatic heterocycles. The standard InChI is InChI=1S/C19H27N5S/c1-4-24-7-5-6-16(19(24)17-10-21-23(3)12-17)11-22(2)13-18-8-15(9-20)14-25-18/h8,10,12,14,16,19H,4-7,11,13H2,1-3H3/t16-,19+/m0/s1. The van der Waals surface area contributed by atoms with Crippen LogP contribution < -0.4 is 0 Å². The first-order valence-corrected chi connectivity index (χ1v) is 9.87. The van der Waals surface area contributed by atoms with Gasteiger partial charge in [-0.25, -0.2) is 0 Å². The zero-order valence-electron chi connectivity index (χ0n) is 15.4. The van der Waals surface area contributed by atoms with Crippen LogP contribution in [0.1, 0.15) is 41.8 Å². The lowest BCUT2D eigenvalue weighted by Crippen LogP contribution is -2.42. The van der Waals surface area contributed by atoms with E-state index >= 15 is 0 Å². The van der Waals surface area contributed by atoms with Crippen molar-refractivity contribution in [2.75, 3.05) is 26.7 Å². The number of piperidine rings is 1. The van der Waals surface area contributed by atoms with Crippen LogP contribution in [-0.2, 0) is 13.6 Å². The van der Waals surface area contributed by atoms with Gasteiger partial charge in [0.25, 0.3) is 0 Å². The number of hydrogen-bond donors (Lipinski definition) is 0. The summed E-state index contributed by atoms with van der Waals surface area (Å²) in [6.45, 7) is 6.48. The molecule has 0 saturated carbocycles. The van der Waals surface area contributed by atoms with Crippen molar-refractivity contribution in [3.8, 4) is 6.07 Å². The Morgan fingerprint density at radius 3 is 2.96 bits per heavy atom. The van der Waals surface area contributed by atoms with Crippen LogP contribution >= 0.6 is 11.3 Å². The maximum atomic E-state index is 8.99. The van der Waals surface area contributed by atoms with Crippen LogP contribution in [0.15, 0.2) is 23.8 Å². The average Bonchev–Trinajstić information content (AvgIpc) is 3.23. The Morgan fingerprint density at radius 1 is 1.48 bits per heavy atom. The SMILES string of the molecule is CCN1CCC[C@@H](CN(C)Cc2cc(C#N)cs2)[C@@H]1c1cnn(C)c1. The van der Waals surface area contributed by atoms with Gasteiger partial charge in [0.05, 0.1) is 11.8 Å². The highest BCUT2D eigenvalue weighted by atomic mass is 32.1. The van der Waals surface area contributed by atoms with Crippen molar-refractivity contribution < 1.29 is 0 Å². The number of nitriles is 1. The molecule has 0 radical (unpaired) electrons. The van der Waals surface area contributed by atoms with Crippen molar-refractivity contribution in [1.29, 1.82) is 5.26 Å². The van der Waals surface area contributed by atoms with Gasteiger partial charge in [-0.2, -0.15) is 10.4 Å². The normalized spacial score (nSPS) is 21.6. The summed E-state index contributed by atoms with van der Waals surface area (Å²) in [6, 6.07) is 4.69. The minimum absolute atomic E-state index is 0.452. The van der Waals surface area contributed by atoms with Crippen LogP contribution in [0.5, 0.6) is 0 Å². The van der Waals surface area contributed by atoms with E-state index in [-0.39, 0.29) is 0 Å². The van der Waals surface area contributed by atoms with Gasteiger partial charge in [0.2, 0.25) is 0 Å². The molecule has 0 aliphatic carbocycles. The van der Waals surface area contributed by atoms with E-state index in [2.05, 4.69) is 41.1 Å². The Kier molecular flexibility index (Phi) is 5.89. The molecular formula is C19H27N5S. The van der Waals surface area contributed by atoms with E-state index in [4.69, 9.17) is 5.26 Å². The molecule has 6 heteroatoms. The maximum Gasteiger partial charge on any atom is 0.100 e. The number of rotatable bonds is 6. The predicted molar refractivity (Wildman–Crippen MR) is 101 cm³/mol. The van der Waals surface area contributed by atoms with Crippen LogP contribution in [0, 0.1) is 17.2 Å². The van der Waals surface area contributed by atoms with E-state index in [1.54, 1.807) is 11.3 Å². The lowest BCUT2D eigenvalue weighted by Gasteiger charge is -2.42. The molecule has 0 spiro atoms. The van der Waals surface area contributed by atoms with E-state index in [9.17, 15) is 0 Å². The molecule has 0 amide bonds. The van der Waals surface area contributed by atoms with Gasteiger partial charge in [-0.3, -0.25) is 9.58 Å². The van der Waals surface area contributed by atoms with Crippen molar-refractivity contribution in [2.45, 2.75) is 32.4 Å². The summed E-state index contributed by atoms with van der Waals surface area (Å²) in [4.78, 5) is 6.26. The molecule has 0 bridgehead atoms. The minimum atomic E-state index is 0.452. The molecule has 1 fully saturated rings. The molecule has 25 heavy (non-hydrogen) atoms. The summed E-state index contributed by atoms with van der Waals surface area (Å²) in [5.74, 6) is 0.610. The van der Waals surface area contributed by atoms with Crippen LogP contribution in [0.25, 0.3) is 0 Å². The Balaban J connectivity index is 1.70. The predicted octanol–water partition coefficient (Wildman–Crippen LogP) is 3.26. The maximum absolute atomic E-state index is 8.99. The number of hydrogen-bond acceptors (Lipinski definition) is 5. The van der Waals surface area contributed by atoms with E-state index in [0.717, 1.165) is 25.2 Å². The van der Waals surface area contributed by atoms with E-state index in [0.29, 0.717) is 12.0 Å². The van der Waals surface area contributed by atoms with Gasteiger partial charge in [-0.15, -0.1) is 11.3 Å². The fourth-order valence-electron chi connectivity index (χ4n) is 4.03. The lowest BCUT2D eigenvalue weighted by atomic mass is 9.85. The first-order valence-electron chi connectivity index (χ1n) is 8.99. The topological polar surface area (TPSA) is 48.1 Å². The third-order valence-corrected chi connectivity index (χ3v) is 6.01. The van der Waals surface area contributed by atoms with Gasteiger partial charge in [0, 0.05) is 48.2 Å². The van der Waals surface area contributed by atoms with Crippen LogP contribution in [0.2, 0.25) is 0 Å². The summed E-state index contributed by atoms with van der Waals surface area (Å²) in [6.07, 6.45) is 6.73. The van der Waals surface area contributed by atoms with Gasteiger partial charge in [-0.1, -0.05) is 6.92 Å². The van der Waals surface area contributed by atoms with Crippen LogP contribution in [-0.4, -0.2) is 46.3 Å². The zero-order valence-corrected chi connectivity index (χ0v) is 16.2. The van der Waals surface area contributed by atoms with E-state index < -0.39 is 0 Å². The summed E-state index contributed by atoms with van der Waals surface area (Å²) in [5, 5.41) is 15.3. The molecule has 3 heterocycles. The van der Waals surface area contributed by atoms with Gasteiger partial charge in [0.15, 0.2) is 0 Å². The highest BCUT2D eigenvalue weighted by molar-refractivity contribution is 7.10. The molecule has 1 aliphatic rings. The van der Waals surface area contributed by atoms with Crippen molar-refractivity contribution in [3.05, 3.63) is 39.8 Å². The second-order valence-electron chi connectivity index (χ2n) is 7.03. The molecule has 1 aliphatic heterocycles. The molecule has 1 saturated heterocycles. The van der Waals surface area contributed by atoms with Crippen molar-refractivity contribution in [1.82, 2.24) is 19.6 Å². The third kappa shape index (κ3) is 4.30. The molecule has 0 unspecified atom stereocenters. The largest absolute Gasteiger partial charge is 0.301 e. The second kappa shape index (κ2) is 8.13. The van der Waals surface area contributed by atoms with Gasteiger partial charge >= 0.3 is 0 Å².